The van der Waals surface area contributed by atoms with Crippen molar-refractivity contribution >= 4 is 22.4 Å². The van der Waals surface area contributed by atoms with Crippen LogP contribution in [-0.2, 0) is 4.79 Å². The number of rotatable bonds is 7. The summed E-state index contributed by atoms with van der Waals surface area (Å²) in [6.45, 7) is 6.62. The first-order valence-corrected chi connectivity index (χ1v) is 9.87. The molecule has 0 fully saturated rings. The maximum Gasteiger partial charge on any atom is 0.226 e. The van der Waals surface area contributed by atoms with E-state index in [1.165, 1.54) is 16.9 Å². The highest BCUT2D eigenvalue weighted by molar-refractivity contribution is 7.16. The van der Waals surface area contributed by atoms with Crippen LogP contribution in [0.4, 0.5) is 5.13 Å². The molecule has 140 valence electrons. The zero-order valence-corrected chi connectivity index (χ0v) is 16.7. The predicted octanol–water partition coefficient (Wildman–Crippen LogP) is 5.53. The van der Waals surface area contributed by atoms with Crippen molar-refractivity contribution in [3.63, 3.8) is 0 Å². The predicted molar refractivity (Wildman–Crippen MR) is 112 cm³/mol. The topological polar surface area (TPSA) is 51.2 Å². The van der Waals surface area contributed by atoms with Crippen molar-refractivity contribution in [3.8, 4) is 17.0 Å². The Kier molecular flexibility index (Phi) is 6.24. The van der Waals surface area contributed by atoms with E-state index in [1.807, 2.05) is 38.1 Å². The highest BCUT2D eigenvalue weighted by atomic mass is 32.1. The van der Waals surface area contributed by atoms with Gasteiger partial charge in [0, 0.05) is 16.9 Å². The molecule has 1 heterocycles. The number of amides is 1. The normalized spacial score (nSPS) is 10.6. The van der Waals surface area contributed by atoms with E-state index in [2.05, 4.69) is 41.5 Å². The Morgan fingerprint density at radius 1 is 1.07 bits per heavy atom. The molecule has 0 aliphatic heterocycles. The third-order valence-corrected chi connectivity index (χ3v) is 5.15. The molecule has 1 aromatic heterocycles. The van der Waals surface area contributed by atoms with E-state index in [-0.39, 0.29) is 5.91 Å². The van der Waals surface area contributed by atoms with E-state index in [9.17, 15) is 4.79 Å². The number of carbonyl (C=O) groups excluding carboxylic acids is 1. The van der Waals surface area contributed by atoms with Crippen LogP contribution in [0.2, 0.25) is 0 Å². The van der Waals surface area contributed by atoms with E-state index in [4.69, 9.17) is 4.74 Å². The molecule has 0 atom stereocenters. The molecule has 3 aromatic rings. The Morgan fingerprint density at radius 2 is 1.81 bits per heavy atom. The Labute approximate surface area is 164 Å². The van der Waals surface area contributed by atoms with Crippen molar-refractivity contribution in [1.82, 2.24) is 4.98 Å². The quantitative estimate of drug-likeness (QED) is 0.548. The molecule has 1 N–H and O–H groups in total. The van der Waals surface area contributed by atoms with Gasteiger partial charge in [-0.1, -0.05) is 48.0 Å². The van der Waals surface area contributed by atoms with Gasteiger partial charge < -0.3 is 10.1 Å². The van der Waals surface area contributed by atoms with Gasteiger partial charge in [0.1, 0.15) is 5.75 Å². The molecule has 3 rings (SSSR count). The number of hydrogen-bond acceptors (Lipinski definition) is 4. The number of nitrogens with one attached hydrogen (secondary N) is 1. The largest absolute Gasteiger partial charge is 0.493 e. The van der Waals surface area contributed by atoms with Crippen LogP contribution in [-0.4, -0.2) is 17.5 Å². The molecule has 1 amide bonds. The molecule has 27 heavy (non-hydrogen) atoms. The lowest BCUT2D eigenvalue weighted by Crippen LogP contribution is -2.12. The van der Waals surface area contributed by atoms with Gasteiger partial charge in [0.05, 0.1) is 12.3 Å². The van der Waals surface area contributed by atoms with Crippen LogP contribution in [0.5, 0.6) is 5.75 Å². The van der Waals surface area contributed by atoms with Crippen LogP contribution in [0.25, 0.3) is 11.3 Å². The molecule has 0 aliphatic rings. The number of hydrogen-bond donors (Lipinski definition) is 1. The highest BCUT2D eigenvalue weighted by Crippen LogP contribution is 2.30. The van der Waals surface area contributed by atoms with Gasteiger partial charge in [-0.05, 0) is 38.8 Å². The molecule has 0 spiro atoms. The maximum absolute atomic E-state index is 12.2. The summed E-state index contributed by atoms with van der Waals surface area (Å²) in [6, 6.07) is 16.2. The number of carbonyl (C=O) groups is 1. The molecule has 4 nitrogen and oxygen atoms in total. The summed E-state index contributed by atoms with van der Waals surface area (Å²) in [7, 11) is 0. The molecular weight excluding hydrogens is 356 g/mol. The molecule has 5 heteroatoms. The summed E-state index contributed by atoms with van der Waals surface area (Å²) in [5.74, 6) is 0.837. The molecule has 2 aromatic carbocycles. The molecular formula is C22H24N2O2S. The minimum atomic E-state index is -0.0346. The van der Waals surface area contributed by atoms with Crippen LogP contribution < -0.4 is 10.1 Å². The summed E-state index contributed by atoms with van der Waals surface area (Å²) in [6.07, 6.45) is 1.07. The van der Waals surface area contributed by atoms with Gasteiger partial charge in [-0.15, -0.1) is 11.3 Å². The third-order valence-electron chi connectivity index (χ3n) is 4.27. The first-order chi connectivity index (χ1) is 13.0. The fourth-order valence-electron chi connectivity index (χ4n) is 2.74. The van der Waals surface area contributed by atoms with Gasteiger partial charge in [0.25, 0.3) is 0 Å². The fourth-order valence-corrected chi connectivity index (χ4v) is 3.60. The number of anilines is 1. The van der Waals surface area contributed by atoms with Crippen LogP contribution in [0.1, 0.15) is 28.8 Å². The van der Waals surface area contributed by atoms with Crippen LogP contribution in [0, 0.1) is 20.8 Å². The minimum absolute atomic E-state index is 0.0346. The Balaban J connectivity index is 1.50. The van der Waals surface area contributed by atoms with E-state index in [0.717, 1.165) is 27.4 Å². The SMILES string of the molecule is Cc1ccc(-c2nc(NC(=O)CCCOc3ccccc3C)sc2C)cc1. The number of benzene rings is 2. The van der Waals surface area contributed by atoms with E-state index in [1.54, 1.807) is 0 Å². The van der Waals surface area contributed by atoms with Gasteiger partial charge in [-0.25, -0.2) is 4.98 Å². The molecule has 0 radical (unpaired) electrons. The van der Waals surface area contributed by atoms with Crippen molar-refractivity contribution < 1.29 is 9.53 Å². The second-order valence-electron chi connectivity index (χ2n) is 6.56. The Bertz CT molecular complexity index is 916. The molecule has 0 saturated carbocycles. The van der Waals surface area contributed by atoms with Gasteiger partial charge in [0.2, 0.25) is 5.91 Å². The third kappa shape index (κ3) is 5.17. The number of aryl methyl sites for hydroxylation is 3. The second kappa shape index (κ2) is 8.82. The summed E-state index contributed by atoms with van der Waals surface area (Å²) >= 11 is 1.51. The van der Waals surface area contributed by atoms with E-state index in [0.29, 0.717) is 24.6 Å². The first-order valence-electron chi connectivity index (χ1n) is 9.05. The van der Waals surface area contributed by atoms with Crippen LogP contribution in [0.3, 0.4) is 0 Å². The van der Waals surface area contributed by atoms with Crippen molar-refractivity contribution in [2.45, 2.75) is 33.6 Å². The smallest absolute Gasteiger partial charge is 0.226 e. The monoisotopic (exact) mass is 380 g/mol. The fraction of sp³-hybridized carbons (Fsp3) is 0.273. The number of thiazole rings is 1. The van der Waals surface area contributed by atoms with E-state index >= 15 is 0 Å². The van der Waals surface area contributed by atoms with Crippen LogP contribution in [0.15, 0.2) is 48.5 Å². The van der Waals surface area contributed by atoms with Gasteiger partial charge in [-0.3, -0.25) is 4.79 Å². The number of ether oxygens (including phenoxy) is 1. The average molecular weight is 381 g/mol. The zero-order valence-electron chi connectivity index (χ0n) is 15.9. The standard InChI is InChI=1S/C22H24N2O2S/c1-15-10-12-18(13-11-15)21-17(3)27-22(24-21)23-20(25)9-6-14-26-19-8-5-4-7-16(19)2/h4-5,7-8,10-13H,6,9,14H2,1-3H3,(H,23,24,25). The van der Waals surface area contributed by atoms with Gasteiger partial charge in [-0.2, -0.15) is 0 Å². The molecule has 0 bridgehead atoms. The summed E-state index contributed by atoms with van der Waals surface area (Å²) in [4.78, 5) is 17.9. The van der Waals surface area contributed by atoms with Crippen molar-refractivity contribution in [1.29, 1.82) is 0 Å². The minimum Gasteiger partial charge on any atom is -0.493 e. The van der Waals surface area contributed by atoms with Crippen molar-refractivity contribution in [2.24, 2.45) is 0 Å². The number of nitrogens with zero attached hydrogens (tertiary/aromatic N) is 1. The lowest BCUT2D eigenvalue weighted by molar-refractivity contribution is -0.116. The lowest BCUT2D eigenvalue weighted by Gasteiger charge is -2.08. The Hall–Kier alpha value is -2.66. The van der Waals surface area contributed by atoms with Crippen molar-refractivity contribution in [3.05, 3.63) is 64.5 Å². The lowest BCUT2D eigenvalue weighted by atomic mass is 10.1. The molecule has 0 saturated heterocycles. The summed E-state index contributed by atoms with van der Waals surface area (Å²) < 4.78 is 5.74. The molecule has 0 unspecified atom stereocenters. The van der Waals surface area contributed by atoms with E-state index < -0.39 is 0 Å². The summed E-state index contributed by atoms with van der Waals surface area (Å²) in [5, 5.41) is 3.55. The Morgan fingerprint density at radius 3 is 2.56 bits per heavy atom. The highest BCUT2D eigenvalue weighted by Gasteiger charge is 2.12. The van der Waals surface area contributed by atoms with Crippen molar-refractivity contribution in [2.75, 3.05) is 11.9 Å². The zero-order chi connectivity index (χ0) is 19.2. The van der Waals surface area contributed by atoms with Gasteiger partial charge >= 0.3 is 0 Å². The summed E-state index contributed by atoms with van der Waals surface area (Å²) in [5.41, 5.74) is 4.32. The maximum atomic E-state index is 12.2. The van der Waals surface area contributed by atoms with Crippen LogP contribution >= 0.6 is 11.3 Å². The number of para-hydroxylation sites is 1. The second-order valence-corrected chi connectivity index (χ2v) is 7.76. The average Bonchev–Trinajstić information content (AvgIpc) is 3.01. The number of aromatic nitrogens is 1. The first kappa shape index (κ1) is 19.1. The van der Waals surface area contributed by atoms with Gasteiger partial charge in [0.15, 0.2) is 5.13 Å². The molecule has 0 aliphatic carbocycles.